The van der Waals surface area contributed by atoms with Gasteiger partial charge in [-0.2, -0.15) is 0 Å². The van der Waals surface area contributed by atoms with Gasteiger partial charge in [0, 0.05) is 0 Å². The highest BCUT2D eigenvalue weighted by Gasteiger charge is 2.10. The van der Waals surface area contributed by atoms with Crippen molar-refractivity contribution in [1.29, 1.82) is 0 Å². The van der Waals surface area contributed by atoms with Crippen molar-refractivity contribution in [2.24, 2.45) is 5.16 Å². The van der Waals surface area contributed by atoms with Crippen LogP contribution in [-0.4, -0.2) is 24.4 Å². The molecule has 0 aromatic heterocycles. The highest BCUT2D eigenvalue weighted by atomic mass is 35.5. The van der Waals surface area contributed by atoms with E-state index in [1.165, 1.54) is 7.11 Å². The molecular formula is C10H11ClN2O3. The van der Waals surface area contributed by atoms with Crippen LogP contribution in [0.3, 0.4) is 0 Å². The SMILES string of the molecule is COc1c(Cl)cc(C)cc1NC(=O)C=NO. The first-order valence-corrected chi connectivity index (χ1v) is 4.79. The van der Waals surface area contributed by atoms with Gasteiger partial charge in [0.1, 0.15) is 6.21 Å². The number of carbonyl (C=O) groups is 1. The van der Waals surface area contributed by atoms with Crippen LogP contribution in [-0.2, 0) is 4.79 Å². The van der Waals surface area contributed by atoms with Crippen LogP contribution in [0, 0.1) is 6.92 Å². The van der Waals surface area contributed by atoms with E-state index in [1.54, 1.807) is 12.1 Å². The molecule has 0 fully saturated rings. The Bertz CT molecular complexity index is 432. The number of ether oxygens (including phenoxy) is 1. The van der Waals surface area contributed by atoms with Gasteiger partial charge in [0.2, 0.25) is 0 Å². The van der Waals surface area contributed by atoms with Crippen LogP contribution in [0.2, 0.25) is 5.02 Å². The lowest BCUT2D eigenvalue weighted by molar-refractivity contribution is -0.110. The number of oxime groups is 1. The molecule has 0 unspecified atom stereocenters. The number of anilines is 1. The van der Waals surface area contributed by atoms with Gasteiger partial charge in [-0.3, -0.25) is 4.79 Å². The Morgan fingerprint density at radius 2 is 2.31 bits per heavy atom. The van der Waals surface area contributed by atoms with E-state index in [0.717, 1.165) is 11.8 Å². The third-order valence-corrected chi connectivity index (χ3v) is 2.11. The lowest BCUT2D eigenvalue weighted by atomic mass is 10.2. The molecule has 0 saturated carbocycles. The highest BCUT2D eigenvalue weighted by Crippen LogP contribution is 2.33. The van der Waals surface area contributed by atoms with E-state index < -0.39 is 5.91 Å². The number of carbonyl (C=O) groups excluding carboxylic acids is 1. The van der Waals surface area contributed by atoms with Gasteiger partial charge >= 0.3 is 0 Å². The molecule has 1 aromatic carbocycles. The smallest absolute Gasteiger partial charge is 0.270 e. The zero-order chi connectivity index (χ0) is 12.1. The number of nitrogens with zero attached hydrogens (tertiary/aromatic N) is 1. The van der Waals surface area contributed by atoms with Crippen molar-refractivity contribution >= 4 is 29.4 Å². The molecule has 0 aliphatic carbocycles. The average molecular weight is 243 g/mol. The first kappa shape index (κ1) is 12.3. The molecule has 0 bridgehead atoms. The number of nitrogens with one attached hydrogen (secondary N) is 1. The number of aryl methyl sites for hydroxylation is 1. The maximum atomic E-state index is 11.2. The van der Waals surface area contributed by atoms with Gasteiger partial charge in [-0.15, -0.1) is 0 Å². The fourth-order valence-electron chi connectivity index (χ4n) is 1.25. The van der Waals surface area contributed by atoms with Gasteiger partial charge in [-0.05, 0) is 24.6 Å². The molecule has 0 radical (unpaired) electrons. The summed E-state index contributed by atoms with van der Waals surface area (Å²) in [6, 6.07) is 3.42. The van der Waals surface area contributed by atoms with Crippen LogP contribution >= 0.6 is 11.6 Å². The summed E-state index contributed by atoms with van der Waals surface area (Å²) in [5.41, 5.74) is 1.31. The molecule has 1 rings (SSSR count). The summed E-state index contributed by atoms with van der Waals surface area (Å²) in [5, 5.41) is 13.7. The van der Waals surface area contributed by atoms with Crippen LogP contribution in [0.15, 0.2) is 17.3 Å². The van der Waals surface area contributed by atoms with Crippen molar-refractivity contribution < 1.29 is 14.7 Å². The fraction of sp³-hybridized carbons (Fsp3) is 0.200. The van der Waals surface area contributed by atoms with Gasteiger partial charge in [0.25, 0.3) is 5.91 Å². The molecule has 0 aliphatic rings. The molecule has 0 aliphatic heterocycles. The minimum Gasteiger partial charge on any atom is -0.493 e. The quantitative estimate of drug-likeness (QED) is 0.484. The van der Waals surface area contributed by atoms with Gasteiger partial charge in [0.05, 0.1) is 17.8 Å². The fourth-order valence-corrected chi connectivity index (χ4v) is 1.60. The van der Waals surface area contributed by atoms with E-state index in [9.17, 15) is 4.79 Å². The molecule has 2 N–H and O–H groups in total. The third-order valence-electron chi connectivity index (χ3n) is 1.82. The van der Waals surface area contributed by atoms with Gasteiger partial charge in [0.15, 0.2) is 5.75 Å². The Hall–Kier alpha value is -1.75. The number of benzene rings is 1. The lowest BCUT2D eigenvalue weighted by Gasteiger charge is -2.11. The summed E-state index contributed by atoms with van der Waals surface area (Å²) in [4.78, 5) is 11.2. The molecule has 1 aromatic rings. The number of rotatable bonds is 3. The van der Waals surface area contributed by atoms with Gasteiger partial charge < -0.3 is 15.3 Å². The average Bonchev–Trinajstić information content (AvgIpc) is 2.17. The van der Waals surface area contributed by atoms with E-state index in [4.69, 9.17) is 21.5 Å². The maximum absolute atomic E-state index is 11.2. The number of hydrogen-bond acceptors (Lipinski definition) is 4. The largest absolute Gasteiger partial charge is 0.493 e. The van der Waals surface area contributed by atoms with Crippen molar-refractivity contribution in [3.05, 3.63) is 22.7 Å². The number of hydrogen-bond donors (Lipinski definition) is 2. The van der Waals surface area contributed by atoms with E-state index in [0.29, 0.717) is 16.5 Å². The molecule has 0 heterocycles. The predicted molar refractivity (Wildman–Crippen MR) is 61.6 cm³/mol. The Balaban J connectivity index is 3.07. The Labute approximate surface area is 97.7 Å². The van der Waals surface area contributed by atoms with Crippen molar-refractivity contribution in [3.8, 4) is 5.75 Å². The predicted octanol–water partition coefficient (Wildman–Crippen LogP) is 2.06. The van der Waals surface area contributed by atoms with Crippen molar-refractivity contribution in [2.75, 3.05) is 12.4 Å². The second-order valence-corrected chi connectivity index (χ2v) is 3.47. The standard InChI is InChI=1S/C10H11ClN2O3/c1-6-3-7(11)10(16-2)8(4-6)13-9(14)5-12-15/h3-5,15H,1-2H3,(H,13,14). The van der Waals surface area contributed by atoms with E-state index >= 15 is 0 Å². The molecular weight excluding hydrogens is 232 g/mol. The lowest BCUT2D eigenvalue weighted by Crippen LogP contribution is -2.13. The molecule has 86 valence electrons. The summed E-state index contributed by atoms with van der Waals surface area (Å²) >= 11 is 5.94. The number of halogens is 1. The van der Waals surface area contributed by atoms with Crippen molar-refractivity contribution in [1.82, 2.24) is 0 Å². The molecule has 5 nitrogen and oxygen atoms in total. The molecule has 0 atom stereocenters. The molecule has 6 heteroatoms. The van der Waals surface area contributed by atoms with Gasteiger partial charge in [-0.1, -0.05) is 16.8 Å². The monoisotopic (exact) mass is 242 g/mol. The van der Waals surface area contributed by atoms with Crippen LogP contribution < -0.4 is 10.1 Å². The summed E-state index contributed by atoms with van der Waals surface area (Å²) in [6.45, 7) is 1.83. The molecule has 0 spiro atoms. The summed E-state index contributed by atoms with van der Waals surface area (Å²) < 4.78 is 5.06. The second-order valence-electron chi connectivity index (χ2n) is 3.06. The number of amides is 1. The zero-order valence-electron chi connectivity index (χ0n) is 8.82. The Morgan fingerprint density at radius 1 is 1.62 bits per heavy atom. The summed E-state index contributed by atoms with van der Waals surface area (Å²) in [5.74, 6) is -0.200. The third kappa shape index (κ3) is 2.87. The minimum absolute atomic E-state index is 0.368. The molecule has 0 saturated heterocycles. The normalized spacial score (nSPS) is 10.4. The van der Waals surface area contributed by atoms with Gasteiger partial charge in [-0.25, -0.2) is 0 Å². The van der Waals surface area contributed by atoms with Crippen molar-refractivity contribution in [3.63, 3.8) is 0 Å². The highest BCUT2D eigenvalue weighted by molar-refractivity contribution is 6.34. The van der Waals surface area contributed by atoms with Crippen LogP contribution in [0.4, 0.5) is 5.69 Å². The first-order chi connectivity index (χ1) is 7.58. The summed E-state index contributed by atoms with van der Waals surface area (Å²) in [7, 11) is 1.45. The molecule has 1 amide bonds. The van der Waals surface area contributed by atoms with E-state index in [-0.39, 0.29) is 0 Å². The number of methoxy groups -OCH3 is 1. The Kier molecular flexibility index (Phi) is 4.13. The first-order valence-electron chi connectivity index (χ1n) is 4.41. The van der Waals surface area contributed by atoms with E-state index in [1.807, 2.05) is 6.92 Å². The Morgan fingerprint density at radius 3 is 2.88 bits per heavy atom. The van der Waals surface area contributed by atoms with Crippen LogP contribution in [0.1, 0.15) is 5.56 Å². The topological polar surface area (TPSA) is 70.9 Å². The van der Waals surface area contributed by atoms with Crippen LogP contribution in [0.5, 0.6) is 5.75 Å². The maximum Gasteiger partial charge on any atom is 0.270 e. The second kappa shape index (κ2) is 5.37. The zero-order valence-corrected chi connectivity index (χ0v) is 9.58. The summed E-state index contributed by atoms with van der Waals surface area (Å²) in [6.07, 6.45) is 0.746. The minimum atomic E-state index is -0.567. The molecule has 16 heavy (non-hydrogen) atoms. The van der Waals surface area contributed by atoms with Crippen molar-refractivity contribution in [2.45, 2.75) is 6.92 Å². The van der Waals surface area contributed by atoms with Crippen LogP contribution in [0.25, 0.3) is 0 Å². The van der Waals surface area contributed by atoms with E-state index in [2.05, 4.69) is 10.5 Å².